The van der Waals surface area contributed by atoms with E-state index < -0.39 is 224 Å². The summed E-state index contributed by atoms with van der Waals surface area (Å²) >= 11 is 0. The van der Waals surface area contributed by atoms with Crippen LogP contribution >= 0.6 is 0 Å². The van der Waals surface area contributed by atoms with Gasteiger partial charge in [-0.3, -0.25) is 0 Å². The van der Waals surface area contributed by atoms with E-state index in [1.54, 1.807) is 0 Å². The number of ether oxygens (including phenoxy) is 12. The van der Waals surface area contributed by atoms with Crippen molar-refractivity contribution in [3.05, 3.63) is 0 Å². The van der Waals surface area contributed by atoms with E-state index in [9.17, 15) is 91.9 Å². The third-order valence-corrected chi connectivity index (χ3v) is 12.7. The lowest BCUT2D eigenvalue weighted by Gasteiger charge is -2.50. The van der Waals surface area contributed by atoms with Gasteiger partial charge in [0.15, 0.2) is 37.7 Å². The molecule has 22 heterocycles. The molecule has 18 N–H and O–H groups in total. The summed E-state index contributed by atoms with van der Waals surface area (Å²) in [5.41, 5.74) is 0. The fourth-order valence-corrected chi connectivity index (χ4v) is 8.93. The molecule has 22 rings (SSSR count). The predicted molar refractivity (Wildman–Crippen MR) is 196 cm³/mol. The monoisotopic (exact) mass is 972 g/mol. The zero-order valence-electron chi connectivity index (χ0n) is 34.5. The van der Waals surface area contributed by atoms with Crippen molar-refractivity contribution < 1.29 is 149 Å². The van der Waals surface area contributed by atoms with Gasteiger partial charge in [-0.25, -0.2) is 0 Å². The highest BCUT2D eigenvalue weighted by Crippen LogP contribution is 2.38. The van der Waals surface area contributed by atoms with Crippen LogP contribution < -0.4 is 0 Å². The topological polar surface area (TPSA) is 475 Å². The first-order valence-corrected chi connectivity index (χ1v) is 21.1. The molecule has 22 aliphatic rings. The molecule has 0 aromatic heterocycles. The minimum absolute atomic E-state index is 0.999. The van der Waals surface area contributed by atoms with E-state index in [0.29, 0.717) is 0 Å². The van der Waals surface area contributed by atoms with Crippen molar-refractivity contribution in [3.63, 3.8) is 0 Å². The molecule has 0 saturated carbocycles. The molecule has 30 nitrogen and oxygen atoms in total. The molecule has 22 saturated heterocycles. The Bertz CT molecular complexity index is 1230. The van der Waals surface area contributed by atoms with Gasteiger partial charge in [0.2, 0.25) is 0 Å². The van der Waals surface area contributed by atoms with Crippen molar-refractivity contribution in [1.29, 1.82) is 0 Å². The van der Waals surface area contributed by atoms with Gasteiger partial charge in [0.05, 0.1) is 39.6 Å². The Balaban J connectivity index is 1.19. The predicted octanol–water partition coefficient (Wildman–Crippen LogP) is -13.1. The van der Waals surface area contributed by atoms with Gasteiger partial charge >= 0.3 is 0 Å². The normalized spacial score (nSPS) is 55.4. The first-order valence-electron chi connectivity index (χ1n) is 21.1. The Hall–Kier alpha value is -1.20. The largest absolute Gasteiger partial charge is 0.394 e. The van der Waals surface area contributed by atoms with Crippen molar-refractivity contribution >= 4 is 0 Å². The summed E-state index contributed by atoms with van der Waals surface area (Å²) in [5.74, 6) is 0. The first-order chi connectivity index (χ1) is 31.4. The lowest BCUT2D eigenvalue weighted by molar-refractivity contribution is -0.404. The van der Waals surface area contributed by atoms with Crippen LogP contribution in [-0.2, 0) is 56.8 Å². The van der Waals surface area contributed by atoms with Crippen molar-refractivity contribution in [1.82, 2.24) is 0 Å². The summed E-state index contributed by atoms with van der Waals surface area (Å²) in [6.07, 6.45) is -58.5. The van der Waals surface area contributed by atoms with Gasteiger partial charge in [0, 0.05) is 0 Å². The number of aliphatic hydroxyl groups is 18. The molecule has 0 aliphatic carbocycles. The molecule has 22 aliphatic heterocycles. The highest BCUT2D eigenvalue weighted by Gasteiger charge is 2.58. The molecule has 0 amide bonds. The van der Waals surface area contributed by atoms with Crippen LogP contribution in [0.15, 0.2) is 0 Å². The zero-order valence-corrected chi connectivity index (χ0v) is 34.5. The molecule has 22 fully saturated rings. The molecule has 0 aromatic carbocycles. The molecular weight excluding hydrogens is 912 g/mol. The van der Waals surface area contributed by atoms with Crippen LogP contribution in [0.25, 0.3) is 0 Å². The summed E-state index contributed by atoms with van der Waals surface area (Å²) in [5, 5.41) is 196. The minimum atomic E-state index is -2.15. The molecule has 0 radical (unpaired) electrons. The fourth-order valence-electron chi connectivity index (χ4n) is 8.93. The van der Waals surface area contributed by atoms with Crippen LogP contribution in [0.3, 0.4) is 0 Å². The first kappa shape index (κ1) is 52.6. The summed E-state index contributed by atoms with van der Waals surface area (Å²) in [6.45, 7) is -5.99. The lowest BCUT2D eigenvalue weighted by Crippen LogP contribution is -2.69. The van der Waals surface area contributed by atoms with E-state index in [1.165, 1.54) is 0 Å². The second-order valence-corrected chi connectivity index (χ2v) is 16.8. The Morgan fingerprint density at radius 1 is 0.182 bits per heavy atom. The van der Waals surface area contributed by atoms with Crippen LogP contribution in [0, 0.1) is 0 Å². The Kier molecular flexibility index (Phi) is 17.6. The second kappa shape index (κ2) is 22.1. The third kappa shape index (κ3) is 10.0. The smallest absolute Gasteiger partial charge is 0.187 e. The fraction of sp³-hybridized carbons (Fsp3) is 1.00. The van der Waals surface area contributed by atoms with Crippen molar-refractivity contribution in [2.45, 2.75) is 184 Å². The van der Waals surface area contributed by atoms with E-state index in [1.807, 2.05) is 0 Å². The number of hydrogen-bond donors (Lipinski definition) is 18. The Labute approximate surface area is 372 Å². The average molecular weight is 973 g/mol. The van der Waals surface area contributed by atoms with Gasteiger partial charge in [-0.15, -0.1) is 0 Å². The Morgan fingerprint density at radius 3 is 0.409 bits per heavy atom. The highest BCUT2D eigenvalue weighted by molar-refractivity contribution is 5.01. The summed E-state index contributed by atoms with van der Waals surface area (Å²) in [7, 11) is 0. The number of aliphatic hydroxyl groups excluding tert-OH is 18. The summed E-state index contributed by atoms with van der Waals surface area (Å²) in [4.78, 5) is 0. The van der Waals surface area contributed by atoms with Crippen molar-refractivity contribution in [3.8, 4) is 0 Å². The summed E-state index contributed by atoms with van der Waals surface area (Å²) < 4.78 is 67.9. The van der Waals surface area contributed by atoms with Crippen LogP contribution in [0.1, 0.15) is 0 Å². The van der Waals surface area contributed by atoms with Gasteiger partial charge in [-0.2, -0.15) is 0 Å². The van der Waals surface area contributed by atoms with E-state index >= 15 is 0 Å². The zero-order chi connectivity index (χ0) is 48.0. The van der Waals surface area contributed by atoms with Gasteiger partial charge in [0.25, 0.3) is 0 Å². The molecule has 66 heavy (non-hydrogen) atoms. The summed E-state index contributed by atoms with van der Waals surface area (Å²) in [6, 6.07) is 0. The molecule has 12 bridgehead atoms. The molecule has 0 aromatic rings. The van der Waals surface area contributed by atoms with E-state index in [4.69, 9.17) is 56.8 Å². The van der Waals surface area contributed by atoms with Crippen LogP contribution in [-0.4, -0.2) is 316 Å². The van der Waals surface area contributed by atoms with Crippen LogP contribution in [0.5, 0.6) is 0 Å². The van der Waals surface area contributed by atoms with Gasteiger partial charge in [0.1, 0.15) is 146 Å². The highest BCUT2D eigenvalue weighted by atomic mass is 16.8. The third-order valence-electron chi connectivity index (χ3n) is 12.7. The quantitative estimate of drug-likeness (QED) is 0.117. The minimum Gasteiger partial charge on any atom is -0.394 e. The van der Waals surface area contributed by atoms with E-state index in [2.05, 4.69) is 0 Å². The molecular formula is C36H60O30. The van der Waals surface area contributed by atoms with Crippen molar-refractivity contribution in [2.75, 3.05) is 39.6 Å². The maximum absolute atomic E-state index is 11.2. The van der Waals surface area contributed by atoms with Gasteiger partial charge < -0.3 is 149 Å². The second-order valence-electron chi connectivity index (χ2n) is 16.8. The SMILES string of the molecule is OCC1O[C@@H]2O[C@@H]3C(CO)O[C@H](O[C@@H]4C(CO)O[C@H](O[C@H]5C(CO)O[C@H](O[C@@H]6C(CO)O[C@H](O[C@@H]7C(CO)O[C@H](O[C@H]1C(O)C2O)C(O)C7O)C(O)C6O)C(O)C5O)C(O)C4O)C(O)C3O. The number of hydrogen-bond acceptors (Lipinski definition) is 30. The van der Waals surface area contributed by atoms with Crippen LogP contribution in [0.2, 0.25) is 0 Å². The molecule has 30 atom stereocenters. The van der Waals surface area contributed by atoms with E-state index in [-0.39, 0.29) is 0 Å². The lowest BCUT2D eigenvalue weighted by atomic mass is 9.94. The van der Waals surface area contributed by atoms with Gasteiger partial charge in [-0.05, 0) is 0 Å². The standard InChI is InChI=1S/C36H60O30/c37-1-7-25-13(43)19(49)31(55-7)62-26-8(2-38)57-33(21(51)15(26)45)64-28-10(4-40)59-35(23(53)17(28)47)66-30-12(6-42)60-36(24(54)18(30)48)65-29-11(5-41)58-34(22(52)16(29)46)63-27-9(3-39)56-32(61-25)20(50)14(27)44/h7-54H,1-6H2/t7?,8?,9?,10?,11?,12?,13?,14?,15?,16?,17?,18?,19?,20?,21?,22?,23?,24?,25-,26-,27-,28-,29-,30+,31-,32-,33-,34-,35-,36-/m1/s1. The van der Waals surface area contributed by atoms with Gasteiger partial charge in [-0.1, -0.05) is 0 Å². The Morgan fingerprint density at radius 2 is 0.303 bits per heavy atom. The molecule has 18 unspecified atom stereocenters. The van der Waals surface area contributed by atoms with E-state index in [0.717, 1.165) is 0 Å². The molecule has 30 heteroatoms. The maximum Gasteiger partial charge on any atom is 0.187 e. The van der Waals surface area contributed by atoms with Crippen molar-refractivity contribution in [2.24, 2.45) is 0 Å². The molecule has 0 spiro atoms. The maximum atomic E-state index is 11.2. The average Bonchev–Trinajstić information content (AvgIpc) is 3.31. The number of rotatable bonds is 6. The van der Waals surface area contributed by atoms with Crippen LogP contribution in [0.4, 0.5) is 0 Å². The molecule has 384 valence electrons.